The molecule has 0 unspecified atom stereocenters. The topological polar surface area (TPSA) is 56.3 Å². The van der Waals surface area contributed by atoms with Crippen LogP contribution < -0.4 is 24.8 Å². The lowest BCUT2D eigenvalue weighted by Crippen LogP contribution is -3.00. The average Bonchev–Trinajstić information content (AvgIpc) is 2.38. The molecule has 20 heavy (non-hydrogen) atoms. The van der Waals surface area contributed by atoms with Crippen LogP contribution in [0.2, 0.25) is 0 Å². The lowest BCUT2D eigenvalue weighted by molar-refractivity contribution is -0.00100. The molecule has 0 aliphatic heterocycles. The monoisotopic (exact) mass is 306 g/mol. The molecule has 0 aliphatic rings. The Hall–Kier alpha value is -2.14. The Morgan fingerprint density at radius 1 is 0.700 bits per heavy atom. The first-order valence-corrected chi connectivity index (χ1v) is 5.57. The van der Waals surface area contributed by atoms with E-state index < -0.39 is 0 Å². The third-order valence-electron chi connectivity index (χ3n) is 2.94. The van der Waals surface area contributed by atoms with Crippen molar-refractivity contribution in [1.82, 2.24) is 0 Å². The Kier molecular flexibility index (Phi) is 6.65. The molecular formula is C14H12Cl2N4. The maximum Gasteiger partial charge on any atom is 0.387 e. The SMILES string of the molecule is Cc1cc(-c2ccc([N+]#N)c(C)c2)ccc1[N+]#N.[Cl-].[Cl-]. The van der Waals surface area contributed by atoms with E-state index in [1.54, 1.807) is 12.1 Å². The molecule has 0 fully saturated rings. The zero-order valence-corrected chi connectivity index (χ0v) is 12.5. The lowest BCUT2D eigenvalue weighted by Gasteiger charge is -2.01. The van der Waals surface area contributed by atoms with Crippen molar-refractivity contribution >= 4 is 11.4 Å². The van der Waals surface area contributed by atoms with Gasteiger partial charge in [0.2, 0.25) is 10.8 Å². The predicted octanol–water partition coefficient (Wildman–Crippen LogP) is -1.05. The fourth-order valence-corrected chi connectivity index (χ4v) is 1.89. The summed E-state index contributed by atoms with van der Waals surface area (Å²) >= 11 is 0. The Bertz CT molecular complexity index is 638. The predicted molar refractivity (Wildman–Crippen MR) is 70.8 cm³/mol. The van der Waals surface area contributed by atoms with E-state index in [4.69, 9.17) is 10.8 Å². The highest BCUT2D eigenvalue weighted by Crippen LogP contribution is 2.29. The molecule has 0 amide bonds. The van der Waals surface area contributed by atoms with Gasteiger partial charge in [0.05, 0.1) is 0 Å². The van der Waals surface area contributed by atoms with Crippen LogP contribution in [0.15, 0.2) is 36.4 Å². The van der Waals surface area contributed by atoms with Crippen molar-refractivity contribution in [1.29, 1.82) is 10.8 Å². The largest absolute Gasteiger partial charge is 1.00 e. The van der Waals surface area contributed by atoms with E-state index in [1.165, 1.54) is 0 Å². The van der Waals surface area contributed by atoms with Crippen LogP contribution >= 0.6 is 0 Å². The maximum atomic E-state index is 8.78. The minimum absolute atomic E-state index is 0. The molecule has 0 atom stereocenters. The first kappa shape index (κ1) is 17.9. The highest BCUT2D eigenvalue weighted by atomic mass is 35.5. The van der Waals surface area contributed by atoms with E-state index in [9.17, 15) is 0 Å². The van der Waals surface area contributed by atoms with Crippen LogP contribution in [-0.4, -0.2) is 0 Å². The van der Waals surface area contributed by atoms with Crippen molar-refractivity contribution in [2.45, 2.75) is 13.8 Å². The van der Waals surface area contributed by atoms with Gasteiger partial charge >= 0.3 is 11.4 Å². The van der Waals surface area contributed by atoms with Gasteiger partial charge in [-0.25, -0.2) is 0 Å². The van der Waals surface area contributed by atoms with E-state index in [0.29, 0.717) is 11.4 Å². The van der Waals surface area contributed by atoms with Crippen LogP contribution in [0.4, 0.5) is 11.4 Å². The first-order chi connectivity index (χ1) is 8.65. The van der Waals surface area contributed by atoms with Crippen molar-refractivity contribution in [2.75, 3.05) is 0 Å². The van der Waals surface area contributed by atoms with Gasteiger partial charge in [-0.2, -0.15) is 0 Å². The Labute approximate surface area is 129 Å². The quantitative estimate of drug-likeness (QED) is 0.631. The summed E-state index contributed by atoms with van der Waals surface area (Å²) in [4.78, 5) is 6.40. The summed E-state index contributed by atoms with van der Waals surface area (Å²) in [6, 6.07) is 11.2. The number of aryl methyl sites for hydroxylation is 2. The Morgan fingerprint density at radius 3 is 1.30 bits per heavy atom. The summed E-state index contributed by atoms with van der Waals surface area (Å²) in [5.41, 5.74) is 5.02. The summed E-state index contributed by atoms with van der Waals surface area (Å²) in [6.07, 6.45) is 0. The van der Waals surface area contributed by atoms with Gasteiger partial charge in [-0.05, 0) is 49.2 Å². The number of benzene rings is 2. The van der Waals surface area contributed by atoms with E-state index in [1.807, 2.05) is 38.1 Å². The van der Waals surface area contributed by atoms with Crippen LogP contribution in [0, 0.1) is 24.6 Å². The van der Waals surface area contributed by atoms with E-state index in [2.05, 4.69) is 9.95 Å². The molecule has 0 saturated carbocycles. The van der Waals surface area contributed by atoms with Crippen molar-refractivity contribution in [3.63, 3.8) is 0 Å². The van der Waals surface area contributed by atoms with Crippen LogP contribution in [-0.2, 0) is 0 Å². The van der Waals surface area contributed by atoms with Gasteiger partial charge in [-0.15, -0.1) is 0 Å². The number of halogens is 2. The second kappa shape index (κ2) is 7.45. The molecule has 0 saturated heterocycles. The smallest absolute Gasteiger partial charge is 0.387 e. The highest BCUT2D eigenvalue weighted by Gasteiger charge is 2.13. The molecule has 0 radical (unpaired) electrons. The lowest BCUT2D eigenvalue weighted by atomic mass is 10.0. The Balaban J connectivity index is 0.00000180. The zero-order chi connectivity index (χ0) is 13.1. The van der Waals surface area contributed by atoms with Crippen LogP contribution in [0.1, 0.15) is 11.1 Å². The molecule has 2 aromatic rings. The maximum absolute atomic E-state index is 8.78. The molecule has 0 N–H and O–H groups in total. The van der Waals surface area contributed by atoms with Crippen LogP contribution in [0.3, 0.4) is 0 Å². The van der Waals surface area contributed by atoms with Gasteiger partial charge in [0.15, 0.2) is 9.95 Å². The number of diazo groups is 2. The number of hydrogen-bond donors (Lipinski definition) is 0. The van der Waals surface area contributed by atoms with Gasteiger partial charge in [0.25, 0.3) is 0 Å². The fraction of sp³-hybridized carbons (Fsp3) is 0.143. The van der Waals surface area contributed by atoms with Gasteiger partial charge in [-0.1, -0.05) is 0 Å². The van der Waals surface area contributed by atoms with Crippen molar-refractivity contribution in [3.8, 4) is 11.1 Å². The first-order valence-electron chi connectivity index (χ1n) is 5.57. The summed E-state index contributed by atoms with van der Waals surface area (Å²) in [6.45, 7) is 3.78. The van der Waals surface area contributed by atoms with Gasteiger partial charge in [0, 0.05) is 23.3 Å². The number of hydrogen-bond acceptors (Lipinski definition) is 2. The minimum Gasteiger partial charge on any atom is -1.00 e. The molecular weight excluding hydrogens is 295 g/mol. The molecule has 0 aliphatic carbocycles. The fourth-order valence-electron chi connectivity index (χ4n) is 1.89. The van der Waals surface area contributed by atoms with E-state index in [0.717, 1.165) is 22.3 Å². The molecule has 6 heteroatoms. The summed E-state index contributed by atoms with van der Waals surface area (Å²) in [7, 11) is 0. The second-order valence-corrected chi connectivity index (χ2v) is 4.20. The van der Waals surface area contributed by atoms with E-state index >= 15 is 0 Å². The van der Waals surface area contributed by atoms with Crippen LogP contribution in [0.5, 0.6) is 0 Å². The minimum atomic E-state index is 0. The highest BCUT2D eigenvalue weighted by molar-refractivity contribution is 5.71. The molecule has 0 bridgehead atoms. The Morgan fingerprint density at radius 2 is 1.05 bits per heavy atom. The van der Waals surface area contributed by atoms with Gasteiger partial charge < -0.3 is 24.8 Å². The number of nitrogens with zero attached hydrogens (tertiary/aromatic N) is 4. The summed E-state index contributed by atoms with van der Waals surface area (Å²) in [5.74, 6) is 0. The average molecular weight is 307 g/mol. The zero-order valence-electron chi connectivity index (χ0n) is 11.0. The molecule has 2 aromatic carbocycles. The van der Waals surface area contributed by atoms with E-state index in [-0.39, 0.29) is 24.8 Å². The third kappa shape index (κ3) is 3.45. The van der Waals surface area contributed by atoms with Crippen molar-refractivity contribution < 1.29 is 24.8 Å². The molecule has 4 nitrogen and oxygen atoms in total. The van der Waals surface area contributed by atoms with Gasteiger partial charge in [-0.3, -0.25) is 0 Å². The third-order valence-corrected chi connectivity index (χ3v) is 2.94. The molecule has 0 heterocycles. The van der Waals surface area contributed by atoms with Crippen LogP contribution in [0.25, 0.3) is 21.1 Å². The molecule has 2 rings (SSSR count). The van der Waals surface area contributed by atoms with Crippen molar-refractivity contribution in [3.05, 3.63) is 57.5 Å². The summed E-state index contributed by atoms with van der Waals surface area (Å²) in [5, 5.41) is 17.6. The summed E-state index contributed by atoms with van der Waals surface area (Å²) < 4.78 is 0. The second-order valence-electron chi connectivity index (χ2n) is 4.20. The molecule has 102 valence electrons. The molecule has 0 spiro atoms. The number of rotatable bonds is 1. The molecule has 0 aromatic heterocycles. The standard InChI is InChI=1S/C14H12N4.2ClH/c1-9-7-11(3-5-13(9)17-15)12-4-6-14(18-16)10(2)8-12;;/h3-8H,1-2H3;2*1H/q+2;;/p-2. The van der Waals surface area contributed by atoms with Gasteiger partial charge in [0.1, 0.15) is 0 Å². The van der Waals surface area contributed by atoms with Crippen molar-refractivity contribution in [2.24, 2.45) is 0 Å². The normalized spacial score (nSPS) is 8.60.